The van der Waals surface area contributed by atoms with Crippen LogP contribution in [0.3, 0.4) is 0 Å². The number of halogens is 1. The molecular formula is C12H11ClN2O3S. The molecule has 1 aromatic heterocycles. The summed E-state index contributed by atoms with van der Waals surface area (Å²) in [5.41, 5.74) is 0.363. The van der Waals surface area contributed by atoms with Gasteiger partial charge in [-0.15, -0.1) is 11.3 Å². The number of ether oxygens (including phenoxy) is 1. The number of rotatable bonds is 5. The van der Waals surface area contributed by atoms with E-state index in [1.165, 1.54) is 18.4 Å². The van der Waals surface area contributed by atoms with Gasteiger partial charge < -0.3 is 10.1 Å². The molecule has 0 aliphatic heterocycles. The molecule has 0 atom stereocenters. The molecule has 0 unspecified atom stereocenters. The Bertz CT molecular complexity index is 600. The number of para-hydroxylation sites is 1. The zero-order chi connectivity index (χ0) is 13.8. The molecule has 0 aliphatic rings. The molecule has 1 N–H and O–H groups in total. The quantitative estimate of drug-likeness (QED) is 0.671. The van der Waals surface area contributed by atoms with Gasteiger partial charge in [-0.2, -0.15) is 0 Å². The van der Waals surface area contributed by atoms with Crippen LogP contribution in [0.1, 0.15) is 4.88 Å². The Hall–Kier alpha value is -1.79. The summed E-state index contributed by atoms with van der Waals surface area (Å²) in [6.07, 6.45) is 0. The van der Waals surface area contributed by atoms with Crippen molar-refractivity contribution < 1.29 is 9.66 Å². The molecule has 0 spiro atoms. The minimum atomic E-state index is -0.456. The second-order valence-electron chi connectivity index (χ2n) is 3.67. The van der Waals surface area contributed by atoms with E-state index in [1.807, 2.05) is 6.07 Å². The third-order valence-electron chi connectivity index (χ3n) is 2.48. The van der Waals surface area contributed by atoms with Crippen LogP contribution >= 0.6 is 22.9 Å². The lowest BCUT2D eigenvalue weighted by atomic mass is 10.2. The van der Waals surface area contributed by atoms with E-state index in [1.54, 1.807) is 24.3 Å². The minimum Gasteiger partial charge on any atom is -0.490 e. The maximum Gasteiger partial charge on any atom is 0.333 e. The van der Waals surface area contributed by atoms with E-state index in [4.69, 9.17) is 16.3 Å². The Morgan fingerprint density at radius 3 is 2.79 bits per heavy atom. The smallest absolute Gasteiger partial charge is 0.333 e. The topological polar surface area (TPSA) is 64.4 Å². The fourth-order valence-electron chi connectivity index (χ4n) is 1.65. The molecule has 0 radical (unpaired) electrons. The fraction of sp³-hybridized carbons (Fsp3) is 0.167. The molecule has 0 fully saturated rings. The van der Waals surface area contributed by atoms with E-state index < -0.39 is 4.92 Å². The second kappa shape index (κ2) is 5.90. The van der Waals surface area contributed by atoms with E-state index in [0.717, 1.165) is 4.88 Å². The average Bonchev–Trinajstić information content (AvgIpc) is 2.81. The lowest BCUT2D eigenvalue weighted by Gasteiger charge is -2.08. The van der Waals surface area contributed by atoms with Crippen molar-refractivity contribution in [2.75, 3.05) is 12.4 Å². The van der Waals surface area contributed by atoms with E-state index in [-0.39, 0.29) is 11.4 Å². The third-order valence-corrected chi connectivity index (χ3v) is 3.71. The number of nitrogens with one attached hydrogen (secondary N) is 1. The zero-order valence-electron chi connectivity index (χ0n) is 10.1. The molecule has 0 aliphatic carbocycles. The zero-order valence-corrected chi connectivity index (χ0v) is 11.6. The van der Waals surface area contributed by atoms with Crippen LogP contribution in [-0.4, -0.2) is 12.0 Å². The predicted octanol–water partition coefficient (Wildman–Crippen LogP) is 3.93. The lowest BCUT2D eigenvalue weighted by Crippen LogP contribution is -2.03. The number of thiophene rings is 1. The highest BCUT2D eigenvalue weighted by Gasteiger charge is 2.20. The molecule has 5 nitrogen and oxygen atoms in total. The summed E-state index contributed by atoms with van der Waals surface area (Å²) in [7, 11) is 1.41. The third kappa shape index (κ3) is 3.15. The van der Waals surface area contributed by atoms with E-state index >= 15 is 0 Å². The molecule has 19 heavy (non-hydrogen) atoms. The van der Waals surface area contributed by atoms with Gasteiger partial charge in [-0.05, 0) is 24.3 Å². The van der Waals surface area contributed by atoms with Crippen LogP contribution in [0, 0.1) is 10.1 Å². The van der Waals surface area contributed by atoms with Crippen molar-refractivity contribution >= 4 is 34.3 Å². The van der Waals surface area contributed by atoms with Gasteiger partial charge >= 0.3 is 5.69 Å². The number of methoxy groups -OCH3 is 1. The first-order valence-corrected chi connectivity index (χ1v) is 6.60. The van der Waals surface area contributed by atoms with Crippen molar-refractivity contribution in [2.45, 2.75) is 6.54 Å². The highest BCUT2D eigenvalue weighted by molar-refractivity contribution is 7.16. The van der Waals surface area contributed by atoms with Gasteiger partial charge in [-0.25, -0.2) is 0 Å². The molecule has 1 heterocycles. The number of nitro groups is 1. The first-order valence-electron chi connectivity index (χ1n) is 5.41. The molecule has 2 aromatic rings. The molecule has 0 saturated heterocycles. The summed E-state index contributed by atoms with van der Waals surface area (Å²) in [6.45, 7) is 0.478. The van der Waals surface area contributed by atoms with E-state index in [2.05, 4.69) is 5.32 Å². The van der Waals surface area contributed by atoms with Crippen molar-refractivity contribution in [1.82, 2.24) is 0 Å². The Labute approximate surface area is 118 Å². The summed E-state index contributed by atoms with van der Waals surface area (Å²) in [4.78, 5) is 11.6. The number of hydrogen-bond acceptors (Lipinski definition) is 5. The first kappa shape index (κ1) is 13.6. The minimum absolute atomic E-state index is 0.0624. The van der Waals surface area contributed by atoms with Crippen molar-refractivity contribution in [1.29, 1.82) is 0 Å². The number of anilines is 1. The highest BCUT2D eigenvalue weighted by Crippen LogP contribution is 2.35. The van der Waals surface area contributed by atoms with Crippen LogP contribution in [-0.2, 0) is 6.54 Å². The molecule has 2 rings (SSSR count). The Kier molecular flexibility index (Phi) is 4.24. The van der Waals surface area contributed by atoms with Gasteiger partial charge in [0.25, 0.3) is 0 Å². The molecule has 100 valence electrons. The average molecular weight is 299 g/mol. The van der Waals surface area contributed by atoms with E-state index in [9.17, 15) is 10.1 Å². The largest absolute Gasteiger partial charge is 0.490 e. The summed E-state index contributed by atoms with van der Waals surface area (Å²) < 4.78 is 5.69. The molecule has 7 heteroatoms. The summed E-state index contributed by atoms with van der Waals surface area (Å²) in [5, 5.41) is 14.1. The SMILES string of the molecule is COc1cccc(NCc2ccc(Cl)s2)c1[N+](=O)[O-]. The van der Waals surface area contributed by atoms with Gasteiger partial charge in [0.15, 0.2) is 5.75 Å². The summed E-state index contributed by atoms with van der Waals surface area (Å²) in [6, 6.07) is 8.59. The number of nitrogens with zero attached hydrogens (tertiary/aromatic N) is 1. The number of benzene rings is 1. The van der Waals surface area contributed by atoms with Crippen LogP contribution in [0.2, 0.25) is 4.34 Å². The molecule has 0 amide bonds. The van der Waals surface area contributed by atoms with Crippen LogP contribution < -0.4 is 10.1 Å². The molecule has 0 saturated carbocycles. The highest BCUT2D eigenvalue weighted by atomic mass is 35.5. The van der Waals surface area contributed by atoms with Crippen molar-refractivity contribution in [3.63, 3.8) is 0 Å². The van der Waals surface area contributed by atoms with Crippen LogP contribution in [0.15, 0.2) is 30.3 Å². The first-order chi connectivity index (χ1) is 9.11. The van der Waals surface area contributed by atoms with Gasteiger partial charge in [0.2, 0.25) is 0 Å². The van der Waals surface area contributed by atoms with Gasteiger partial charge in [-0.1, -0.05) is 17.7 Å². The summed E-state index contributed by atoms with van der Waals surface area (Å²) >= 11 is 7.27. The van der Waals surface area contributed by atoms with Crippen LogP contribution in [0.4, 0.5) is 11.4 Å². The normalized spacial score (nSPS) is 10.2. The molecule has 0 bridgehead atoms. The predicted molar refractivity (Wildman–Crippen MR) is 76.3 cm³/mol. The second-order valence-corrected chi connectivity index (χ2v) is 5.47. The van der Waals surface area contributed by atoms with Crippen molar-refractivity contribution in [3.05, 3.63) is 49.7 Å². The number of nitro benzene ring substituents is 1. The summed E-state index contributed by atoms with van der Waals surface area (Å²) in [5.74, 6) is 0.235. The number of hydrogen-bond donors (Lipinski definition) is 1. The standard InChI is InChI=1S/C12H11ClN2O3S/c1-18-10-4-2-3-9(12(10)15(16)17)14-7-8-5-6-11(13)19-8/h2-6,14H,7H2,1H3. The van der Waals surface area contributed by atoms with Gasteiger partial charge in [0, 0.05) is 11.4 Å². The van der Waals surface area contributed by atoms with Crippen molar-refractivity contribution in [2.24, 2.45) is 0 Å². The fourth-order valence-corrected chi connectivity index (χ4v) is 2.67. The van der Waals surface area contributed by atoms with Gasteiger partial charge in [0.1, 0.15) is 5.69 Å². The van der Waals surface area contributed by atoms with Gasteiger partial charge in [0.05, 0.1) is 16.4 Å². The van der Waals surface area contributed by atoms with E-state index in [0.29, 0.717) is 16.6 Å². The Balaban J connectivity index is 2.22. The molecular weight excluding hydrogens is 288 g/mol. The van der Waals surface area contributed by atoms with Crippen molar-refractivity contribution in [3.8, 4) is 5.75 Å². The monoisotopic (exact) mass is 298 g/mol. The molecule has 1 aromatic carbocycles. The lowest BCUT2D eigenvalue weighted by molar-refractivity contribution is -0.384. The maximum atomic E-state index is 11.1. The van der Waals surface area contributed by atoms with Crippen LogP contribution in [0.5, 0.6) is 5.75 Å². The Morgan fingerprint density at radius 2 is 2.21 bits per heavy atom. The van der Waals surface area contributed by atoms with Crippen LogP contribution in [0.25, 0.3) is 0 Å². The maximum absolute atomic E-state index is 11.1. The van der Waals surface area contributed by atoms with Gasteiger partial charge in [-0.3, -0.25) is 10.1 Å². The Morgan fingerprint density at radius 1 is 1.42 bits per heavy atom.